The van der Waals surface area contributed by atoms with Crippen LogP contribution in [0, 0.1) is 0 Å². The third-order valence-corrected chi connectivity index (χ3v) is 3.73. The van der Waals surface area contributed by atoms with E-state index in [0.717, 1.165) is 26.1 Å². The zero-order valence-corrected chi connectivity index (χ0v) is 11.3. The zero-order chi connectivity index (χ0) is 12.8. The molecule has 2 heterocycles. The molecule has 0 saturated carbocycles. The van der Waals surface area contributed by atoms with Crippen LogP contribution in [0.5, 0.6) is 0 Å². The summed E-state index contributed by atoms with van der Waals surface area (Å²) in [6, 6.07) is 4.80. The van der Waals surface area contributed by atoms with Gasteiger partial charge in [0, 0.05) is 31.5 Å². The van der Waals surface area contributed by atoms with Crippen LogP contribution in [0.1, 0.15) is 18.4 Å². The lowest BCUT2D eigenvalue weighted by molar-refractivity contribution is 0.196. The van der Waals surface area contributed by atoms with Crippen molar-refractivity contribution in [2.24, 2.45) is 5.73 Å². The van der Waals surface area contributed by atoms with E-state index in [1.54, 1.807) is 0 Å². The number of hydrogen-bond acceptors (Lipinski definition) is 4. The monoisotopic (exact) mass is 248 g/mol. The summed E-state index contributed by atoms with van der Waals surface area (Å²) in [6.45, 7) is 5.27. The molecule has 1 aliphatic rings. The van der Waals surface area contributed by atoms with E-state index < -0.39 is 0 Å². The molecular weight excluding hydrogens is 224 g/mol. The summed E-state index contributed by atoms with van der Waals surface area (Å²) in [6.07, 6.45) is 6.07. The van der Waals surface area contributed by atoms with Gasteiger partial charge in [0.05, 0.1) is 0 Å². The Morgan fingerprint density at radius 3 is 2.83 bits per heavy atom. The molecule has 0 aromatic carbocycles. The summed E-state index contributed by atoms with van der Waals surface area (Å²) in [5.41, 5.74) is 7.07. The number of aromatic nitrogens is 1. The van der Waals surface area contributed by atoms with Crippen LogP contribution in [0.4, 0.5) is 0 Å². The van der Waals surface area contributed by atoms with Crippen molar-refractivity contribution < 1.29 is 0 Å². The van der Waals surface area contributed by atoms with Crippen LogP contribution in [-0.2, 0) is 6.54 Å². The summed E-state index contributed by atoms with van der Waals surface area (Å²) < 4.78 is 0. The molecule has 1 aromatic heterocycles. The van der Waals surface area contributed by atoms with E-state index in [4.69, 9.17) is 5.73 Å². The average molecular weight is 248 g/mol. The van der Waals surface area contributed by atoms with E-state index in [0.29, 0.717) is 6.04 Å². The Kier molecular flexibility index (Phi) is 5.11. The fourth-order valence-electron chi connectivity index (χ4n) is 2.65. The van der Waals surface area contributed by atoms with E-state index in [9.17, 15) is 0 Å². The Hall–Kier alpha value is -0.970. The van der Waals surface area contributed by atoms with Crippen LogP contribution in [0.2, 0.25) is 0 Å². The van der Waals surface area contributed by atoms with Gasteiger partial charge in [-0.05, 0) is 57.2 Å². The minimum Gasteiger partial charge on any atom is -0.330 e. The maximum atomic E-state index is 5.72. The summed E-state index contributed by atoms with van der Waals surface area (Å²) in [5, 5.41) is 0. The van der Waals surface area contributed by atoms with Gasteiger partial charge in [-0.25, -0.2) is 0 Å². The molecule has 4 heteroatoms. The molecule has 0 radical (unpaired) electrons. The van der Waals surface area contributed by atoms with Crippen LogP contribution >= 0.6 is 0 Å². The Bertz CT molecular complexity index is 341. The maximum absolute atomic E-state index is 5.72. The normalized spacial score (nSPS) is 22.9. The van der Waals surface area contributed by atoms with E-state index in [1.165, 1.54) is 25.1 Å². The van der Waals surface area contributed by atoms with Gasteiger partial charge in [-0.1, -0.05) is 0 Å². The van der Waals surface area contributed by atoms with Gasteiger partial charge < -0.3 is 10.6 Å². The summed E-state index contributed by atoms with van der Waals surface area (Å²) in [4.78, 5) is 9.07. The number of hydrogen-bond donors (Lipinski definition) is 1. The molecule has 2 rings (SSSR count). The minimum atomic E-state index is 0.597. The quantitative estimate of drug-likeness (QED) is 0.861. The molecule has 18 heavy (non-hydrogen) atoms. The highest BCUT2D eigenvalue weighted by atomic mass is 15.2. The zero-order valence-electron chi connectivity index (χ0n) is 11.3. The third kappa shape index (κ3) is 3.77. The smallest absolute Gasteiger partial charge is 0.0271 e. The molecule has 100 valence electrons. The molecule has 1 aromatic rings. The lowest BCUT2D eigenvalue weighted by atomic mass is 10.1. The maximum Gasteiger partial charge on any atom is 0.0271 e. The lowest BCUT2D eigenvalue weighted by Crippen LogP contribution is -2.40. The number of rotatable bonds is 4. The van der Waals surface area contributed by atoms with Crippen LogP contribution in [0.3, 0.4) is 0 Å². The van der Waals surface area contributed by atoms with Crippen LogP contribution in [0.15, 0.2) is 24.5 Å². The second kappa shape index (κ2) is 6.83. The van der Waals surface area contributed by atoms with Crippen molar-refractivity contribution in [3.8, 4) is 0 Å². The van der Waals surface area contributed by atoms with E-state index in [2.05, 4.69) is 34.0 Å². The molecule has 1 atom stereocenters. The van der Waals surface area contributed by atoms with Gasteiger partial charge in [0.2, 0.25) is 0 Å². The van der Waals surface area contributed by atoms with Gasteiger partial charge in [-0.15, -0.1) is 0 Å². The van der Waals surface area contributed by atoms with Crippen molar-refractivity contribution in [3.05, 3.63) is 30.1 Å². The van der Waals surface area contributed by atoms with Crippen LogP contribution in [-0.4, -0.2) is 54.1 Å². The number of pyridine rings is 1. The largest absolute Gasteiger partial charge is 0.330 e. The van der Waals surface area contributed by atoms with Crippen molar-refractivity contribution in [2.75, 3.05) is 33.2 Å². The molecule has 4 nitrogen and oxygen atoms in total. The Morgan fingerprint density at radius 2 is 2.11 bits per heavy atom. The van der Waals surface area contributed by atoms with Gasteiger partial charge >= 0.3 is 0 Å². The van der Waals surface area contributed by atoms with Gasteiger partial charge in [-0.2, -0.15) is 0 Å². The second-order valence-corrected chi connectivity index (χ2v) is 5.16. The minimum absolute atomic E-state index is 0.597. The molecule has 0 aliphatic carbocycles. The SMILES string of the molecule is CN1CCCN(Cc2ccncc2)CC1CCN. The lowest BCUT2D eigenvalue weighted by Gasteiger charge is -2.28. The Morgan fingerprint density at radius 1 is 1.33 bits per heavy atom. The second-order valence-electron chi connectivity index (χ2n) is 5.16. The summed E-state index contributed by atoms with van der Waals surface area (Å²) in [5.74, 6) is 0. The Balaban J connectivity index is 1.95. The fraction of sp³-hybridized carbons (Fsp3) is 0.643. The van der Waals surface area contributed by atoms with Crippen molar-refractivity contribution in [3.63, 3.8) is 0 Å². The molecule has 1 fully saturated rings. The molecular formula is C14H24N4. The predicted molar refractivity (Wildman–Crippen MR) is 74.2 cm³/mol. The summed E-state index contributed by atoms with van der Waals surface area (Å²) in [7, 11) is 2.22. The molecule has 1 unspecified atom stereocenters. The topological polar surface area (TPSA) is 45.4 Å². The van der Waals surface area contributed by atoms with E-state index in [1.807, 2.05) is 12.4 Å². The highest BCUT2D eigenvalue weighted by molar-refractivity contribution is 5.09. The van der Waals surface area contributed by atoms with E-state index >= 15 is 0 Å². The highest BCUT2D eigenvalue weighted by Gasteiger charge is 2.21. The van der Waals surface area contributed by atoms with Crippen molar-refractivity contribution >= 4 is 0 Å². The number of nitrogens with zero attached hydrogens (tertiary/aromatic N) is 3. The standard InChI is InChI=1S/C14H24N4/c1-17-9-2-10-18(12-14(17)3-6-15)11-13-4-7-16-8-5-13/h4-5,7-8,14H,2-3,6,9-12,15H2,1H3. The Labute approximate surface area is 110 Å². The molecule has 0 spiro atoms. The van der Waals surface area contributed by atoms with Gasteiger partial charge in [-0.3, -0.25) is 9.88 Å². The fourth-order valence-corrected chi connectivity index (χ4v) is 2.65. The molecule has 0 bridgehead atoms. The van der Waals surface area contributed by atoms with Crippen molar-refractivity contribution in [1.29, 1.82) is 0 Å². The molecule has 2 N–H and O–H groups in total. The van der Waals surface area contributed by atoms with Crippen LogP contribution in [0.25, 0.3) is 0 Å². The molecule has 1 aliphatic heterocycles. The third-order valence-electron chi connectivity index (χ3n) is 3.73. The first-order valence-electron chi connectivity index (χ1n) is 6.81. The first-order valence-corrected chi connectivity index (χ1v) is 6.81. The molecule has 1 saturated heterocycles. The van der Waals surface area contributed by atoms with Gasteiger partial charge in [0.25, 0.3) is 0 Å². The summed E-state index contributed by atoms with van der Waals surface area (Å²) >= 11 is 0. The highest BCUT2D eigenvalue weighted by Crippen LogP contribution is 2.13. The number of likely N-dealkylation sites (N-methyl/N-ethyl adjacent to an activating group) is 1. The average Bonchev–Trinajstić information content (AvgIpc) is 2.54. The number of nitrogens with two attached hydrogens (primary N) is 1. The first kappa shape index (κ1) is 13.5. The predicted octanol–water partition coefficient (Wildman–Crippen LogP) is 0.937. The first-order chi connectivity index (χ1) is 8.79. The van der Waals surface area contributed by atoms with Gasteiger partial charge in [0.1, 0.15) is 0 Å². The van der Waals surface area contributed by atoms with Gasteiger partial charge in [0.15, 0.2) is 0 Å². The molecule has 0 amide bonds. The van der Waals surface area contributed by atoms with E-state index in [-0.39, 0.29) is 0 Å². The van der Waals surface area contributed by atoms with Crippen molar-refractivity contribution in [1.82, 2.24) is 14.8 Å². The van der Waals surface area contributed by atoms with Crippen LogP contribution < -0.4 is 5.73 Å². The van der Waals surface area contributed by atoms with Crippen molar-refractivity contribution in [2.45, 2.75) is 25.4 Å².